The molecule has 0 atom stereocenters. The summed E-state index contributed by atoms with van der Waals surface area (Å²) in [7, 11) is 1.58. The summed E-state index contributed by atoms with van der Waals surface area (Å²) in [5.74, 6) is 1.82. The molecule has 158 valence electrons. The summed E-state index contributed by atoms with van der Waals surface area (Å²) in [6.45, 7) is 5.55. The van der Waals surface area contributed by atoms with Gasteiger partial charge < -0.3 is 20.7 Å². The topological polar surface area (TPSA) is 91.9 Å². The highest BCUT2D eigenvalue weighted by Crippen LogP contribution is 2.27. The highest BCUT2D eigenvalue weighted by molar-refractivity contribution is 14.0. The van der Waals surface area contributed by atoms with Gasteiger partial charge in [-0.15, -0.1) is 24.0 Å². The van der Waals surface area contributed by atoms with E-state index < -0.39 is 0 Å². The fourth-order valence-corrected chi connectivity index (χ4v) is 3.31. The Labute approximate surface area is 193 Å². The van der Waals surface area contributed by atoms with Crippen molar-refractivity contribution in [1.82, 2.24) is 14.9 Å². The van der Waals surface area contributed by atoms with Gasteiger partial charge in [0.05, 0.1) is 12.1 Å². The maximum atomic E-state index is 6.11. The molecule has 3 rings (SSSR count). The van der Waals surface area contributed by atoms with Crippen molar-refractivity contribution in [3.05, 3.63) is 41.7 Å². The zero-order valence-electron chi connectivity index (χ0n) is 16.4. The molecule has 0 amide bonds. The Bertz CT molecular complexity index is 785. The summed E-state index contributed by atoms with van der Waals surface area (Å²) in [6.07, 6.45) is 4.52. The molecule has 8 nitrogen and oxygen atoms in total. The number of halogens is 2. The summed E-state index contributed by atoms with van der Waals surface area (Å²) in [6, 6.07) is 7.24. The zero-order chi connectivity index (χ0) is 19.8. The fraction of sp³-hybridized carbons (Fsp3) is 0.421. The lowest BCUT2D eigenvalue weighted by molar-refractivity contribution is 0.255. The minimum atomic E-state index is 0. The van der Waals surface area contributed by atoms with Gasteiger partial charge in [0.25, 0.3) is 0 Å². The number of benzene rings is 1. The average Bonchev–Trinajstić information content (AvgIpc) is 2.72. The van der Waals surface area contributed by atoms with E-state index in [0.717, 1.165) is 50.8 Å². The molecule has 2 heterocycles. The molecule has 0 spiro atoms. The first kappa shape index (κ1) is 23.4. The Kier molecular flexibility index (Phi) is 9.68. The molecule has 1 aromatic carbocycles. The van der Waals surface area contributed by atoms with Crippen LogP contribution >= 0.6 is 35.6 Å². The monoisotopic (exact) mass is 531 g/mol. The molecule has 0 aliphatic carbocycles. The third-order valence-electron chi connectivity index (χ3n) is 4.55. The van der Waals surface area contributed by atoms with Crippen molar-refractivity contribution in [3.8, 4) is 5.75 Å². The van der Waals surface area contributed by atoms with Crippen molar-refractivity contribution in [2.24, 2.45) is 10.7 Å². The van der Waals surface area contributed by atoms with E-state index in [9.17, 15) is 0 Å². The SMILES string of the molecule is COc1ccc(NC(N)=NCCCN2CCN(c3ncccn3)CC2)cc1Cl.I. The predicted molar refractivity (Wildman–Crippen MR) is 129 cm³/mol. The molecule has 0 saturated carbocycles. The van der Waals surface area contributed by atoms with E-state index in [0.29, 0.717) is 23.3 Å². The second-order valence-electron chi connectivity index (χ2n) is 6.47. The quantitative estimate of drug-likeness (QED) is 0.246. The molecule has 1 aliphatic rings. The van der Waals surface area contributed by atoms with Gasteiger partial charge in [-0.3, -0.25) is 9.89 Å². The van der Waals surface area contributed by atoms with Gasteiger partial charge in [-0.1, -0.05) is 11.6 Å². The molecule has 1 aliphatic heterocycles. The van der Waals surface area contributed by atoms with E-state index >= 15 is 0 Å². The van der Waals surface area contributed by atoms with Crippen LogP contribution in [0.15, 0.2) is 41.7 Å². The van der Waals surface area contributed by atoms with Crippen molar-refractivity contribution in [2.75, 3.05) is 56.6 Å². The van der Waals surface area contributed by atoms with Crippen LogP contribution in [0.5, 0.6) is 5.75 Å². The van der Waals surface area contributed by atoms with E-state index in [1.54, 1.807) is 31.6 Å². The number of hydrogen-bond donors (Lipinski definition) is 2. The minimum absolute atomic E-state index is 0. The van der Waals surface area contributed by atoms with Crippen LogP contribution in [0.3, 0.4) is 0 Å². The Hall–Kier alpha value is -1.85. The second-order valence-corrected chi connectivity index (χ2v) is 6.88. The zero-order valence-corrected chi connectivity index (χ0v) is 19.5. The van der Waals surface area contributed by atoms with Crippen molar-refractivity contribution in [1.29, 1.82) is 0 Å². The lowest BCUT2D eigenvalue weighted by atomic mass is 10.3. The van der Waals surface area contributed by atoms with E-state index in [1.165, 1.54) is 0 Å². The first-order valence-corrected chi connectivity index (χ1v) is 9.68. The number of aromatic nitrogens is 2. The lowest BCUT2D eigenvalue weighted by Crippen LogP contribution is -2.47. The molecule has 0 unspecified atom stereocenters. The number of nitrogens with two attached hydrogens (primary N) is 1. The summed E-state index contributed by atoms with van der Waals surface area (Å²) < 4.78 is 5.14. The van der Waals surface area contributed by atoms with Crippen molar-refractivity contribution >= 4 is 53.2 Å². The number of methoxy groups -OCH3 is 1. The molecule has 29 heavy (non-hydrogen) atoms. The van der Waals surface area contributed by atoms with E-state index in [1.807, 2.05) is 12.1 Å². The molecule has 3 N–H and O–H groups in total. The Balaban J connectivity index is 0.00000300. The van der Waals surface area contributed by atoms with Gasteiger partial charge in [-0.25, -0.2) is 9.97 Å². The van der Waals surface area contributed by atoms with Crippen LogP contribution in [0.4, 0.5) is 11.6 Å². The molecule has 1 aromatic heterocycles. The maximum absolute atomic E-state index is 6.11. The molecule has 0 bridgehead atoms. The molecule has 2 aromatic rings. The van der Waals surface area contributed by atoms with Gasteiger partial charge in [-0.05, 0) is 30.7 Å². The summed E-state index contributed by atoms with van der Waals surface area (Å²) in [4.78, 5) is 17.7. The summed E-state index contributed by atoms with van der Waals surface area (Å²) in [5, 5.41) is 3.58. The van der Waals surface area contributed by atoms with Gasteiger partial charge in [0.2, 0.25) is 5.95 Å². The number of rotatable bonds is 7. The molecule has 1 fully saturated rings. The minimum Gasteiger partial charge on any atom is -0.495 e. The molecular formula is C19H27ClIN7O. The van der Waals surface area contributed by atoms with Crippen molar-refractivity contribution < 1.29 is 4.74 Å². The van der Waals surface area contributed by atoms with Crippen molar-refractivity contribution in [2.45, 2.75) is 6.42 Å². The van der Waals surface area contributed by atoms with E-state index in [4.69, 9.17) is 22.1 Å². The van der Waals surface area contributed by atoms with Gasteiger partial charge in [0, 0.05) is 57.3 Å². The van der Waals surface area contributed by atoms with E-state index in [-0.39, 0.29) is 24.0 Å². The Morgan fingerprint density at radius 3 is 2.62 bits per heavy atom. The highest BCUT2D eigenvalue weighted by Gasteiger charge is 2.18. The number of nitrogens with zero attached hydrogens (tertiary/aromatic N) is 5. The molecular weight excluding hydrogens is 505 g/mol. The molecule has 0 radical (unpaired) electrons. The van der Waals surface area contributed by atoms with Gasteiger partial charge in [0.15, 0.2) is 5.96 Å². The number of anilines is 2. The van der Waals surface area contributed by atoms with Crippen molar-refractivity contribution in [3.63, 3.8) is 0 Å². The largest absolute Gasteiger partial charge is 0.495 e. The molecule has 10 heteroatoms. The number of nitrogens with one attached hydrogen (secondary N) is 1. The van der Waals surface area contributed by atoms with Crippen LogP contribution < -0.4 is 20.7 Å². The van der Waals surface area contributed by atoms with Crippen LogP contribution in [-0.4, -0.2) is 67.2 Å². The number of aliphatic imine (C=N–C) groups is 1. The number of hydrogen-bond acceptors (Lipinski definition) is 6. The second kappa shape index (κ2) is 12.0. The summed E-state index contributed by atoms with van der Waals surface area (Å²) in [5.41, 5.74) is 6.74. The Morgan fingerprint density at radius 1 is 1.24 bits per heavy atom. The number of ether oxygens (including phenoxy) is 1. The smallest absolute Gasteiger partial charge is 0.225 e. The van der Waals surface area contributed by atoms with Gasteiger partial charge in [0.1, 0.15) is 5.75 Å². The predicted octanol–water partition coefficient (Wildman–Crippen LogP) is 2.70. The normalized spacial score (nSPS) is 15.0. The van der Waals surface area contributed by atoms with Crippen LogP contribution in [0.1, 0.15) is 6.42 Å². The molecule has 1 saturated heterocycles. The third-order valence-corrected chi connectivity index (χ3v) is 4.84. The first-order valence-electron chi connectivity index (χ1n) is 9.30. The van der Waals surface area contributed by atoms with Crippen LogP contribution in [-0.2, 0) is 0 Å². The van der Waals surface area contributed by atoms with Crippen LogP contribution in [0, 0.1) is 0 Å². The summed E-state index contributed by atoms with van der Waals surface area (Å²) >= 11 is 6.11. The fourth-order valence-electron chi connectivity index (χ4n) is 3.05. The third kappa shape index (κ3) is 7.16. The first-order chi connectivity index (χ1) is 13.7. The van der Waals surface area contributed by atoms with Crippen LogP contribution in [0.25, 0.3) is 0 Å². The van der Waals surface area contributed by atoms with E-state index in [2.05, 4.69) is 30.1 Å². The average molecular weight is 532 g/mol. The lowest BCUT2D eigenvalue weighted by Gasteiger charge is -2.34. The highest BCUT2D eigenvalue weighted by atomic mass is 127. The number of piperazine rings is 1. The van der Waals surface area contributed by atoms with Gasteiger partial charge in [-0.2, -0.15) is 0 Å². The Morgan fingerprint density at radius 2 is 1.97 bits per heavy atom. The van der Waals surface area contributed by atoms with Crippen LogP contribution in [0.2, 0.25) is 5.02 Å². The van der Waals surface area contributed by atoms with Gasteiger partial charge >= 0.3 is 0 Å². The standard InChI is InChI=1S/C19H26ClN7O.HI/c1-28-17-5-4-15(14-16(17)20)25-18(21)22-8-3-9-26-10-12-27(13-11-26)19-23-6-2-7-24-19;/h2,4-7,14H,3,8-13H2,1H3,(H3,21,22,25);1H. The maximum Gasteiger partial charge on any atom is 0.225 e. The number of guanidine groups is 1.